The zero-order valence-electron chi connectivity index (χ0n) is 31.9. The first-order valence-electron chi connectivity index (χ1n) is 19.4. The van der Waals surface area contributed by atoms with Gasteiger partial charge in [-0.1, -0.05) is 39.0 Å². The highest BCUT2D eigenvalue weighted by Crippen LogP contribution is 2.46. The fourth-order valence-corrected chi connectivity index (χ4v) is 8.77. The maximum atomic E-state index is 14.1. The molecule has 56 heavy (non-hydrogen) atoms. The van der Waals surface area contributed by atoms with Gasteiger partial charge in [-0.25, -0.2) is 4.85 Å². The number of carbonyl (C=O) groups excluding carboxylic acids is 5. The number of carbonyl (C=O) groups is 5. The molecule has 1 unspecified atom stereocenters. The summed E-state index contributed by atoms with van der Waals surface area (Å²) in [5, 5.41) is 6.52. The lowest BCUT2D eigenvalue weighted by molar-refractivity contribution is -0.137. The summed E-state index contributed by atoms with van der Waals surface area (Å²) < 4.78 is 5.83. The number of fused-ring (bicyclic) bond motifs is 5. The van der Waals surface area contributed by atoms with E-state index >= 15 is 0 Å². The van der Waals surface area contributed by atoms with Gasteiger partial charge in [-0.2, -0.15) is 0 Å². The number of benzene rings is 3. The molecular formula is C43H45N7O6. The lowest BCUT2D eigenvalue weighted by Gasteiger charge is -2.39. The number of nitrogens with one attached hydrogen (secondary N) is 3. The molecule has 2 saturated heterocycles. The number of piperidine rings is 1. The molecule has 1 aromatic heterocycles. The summed E-state index contributed by atoms with van der Waals surface area (Å²) in [6.07, 6.45) is 1.56. The van der Waals surface area contributed by atoms with Crippen LogP contribution in [0.2, 0.25) is 0 Å². The van der Waals surface area contributed by atoms with E-state index in [2.05, 4.69) is 58.3 Å². The van der Waals surface area contributed by atoms with Crippen molar-refractivity contribution in [2.24, 2.45) is 0 Å². The number of piperazine rings is 1. The topological polar surface area (TPSA) is 149 Å². The Kier molecular flexibility index (Phi) is 9.62. The summed E-state index contributed by atoms with van der Waals surface area (Å²) in [6, 6.07) is 14.5. The van der Waals surface area contributed by atoms with Gasteiger partial charge in [0.2, 0.25) is 17.7 Å². The number of aryl methyl sites for hydroxylation is 1. The molecule has 1 aliphatic carbocycles. The second-order valence-electron chi connectivity index (χ2n) is 15.4. The number of rotatable bonds is 10. The van der Waals surface area contributed by atoms with Gasteiger partial charge in [-0.05, 0) is 54.3 Å². The number of aromatic amines is 1. The molecule has 2 fully saturated rings. The van der Waals surface area contributed by atoms with E-state index in [1.165, 1.54) is 4.90 Å². The number of ether oxygens (including phenoxy) is 1. The Morgan fingerprint density at radius 3 is 2.57 bits per heavy atom. The predicted molar refractivity (Wildman–Crippen MR) is 211 cm³/mol. The van der Waals surface area contributed by atoms with Crippen LogP contribution in [0.25, 0.3) is 15.7 Å². The number of imide groups is 1. The number of ketones is 1. The molecule has 3 N–H and O–H groups in total. The third-order valence-corrected chi connectivity index (χ3v) is 11.9. The Labute approximate surface area is 325 Å². The minimum absolute atomic E-state index is 0.00392. The zero-order valence-corrected chi connectivity index (χ0v) is 31.9. The number of amides is 4. The van der Waals surface area contributed by atoms with Crippen molar-refractivity contribution >= 4 is 57.4 Å². The van der Waals surface area contributed by atoms with Crippen molar-refractivity contribution in [3.05, 3.63) is 99.0 Å². The van der Waals surface area contributed by atoms with Crippen LogP contribution in [0.4, 0.5) is 17.1 Å². The standard InChI is InChI=1S/C43H45N7O6/c1-5-25-21-29-31(43(2,3)40-38(39(29)53)28-10-9-26(44-4)22-33(28)46-40)23-35(25)48-15-17-49(18-16-48)37(52)13-19-56-20-14-45-32-8-6-7-27-30(32)24-50(42(27)55)34-11-12-36(51)47-41(34)54/h6-10,21-23,34,45-46H,5,11-20,24H2,1-3H3,(H,47,51,54). The lowest BCUT2D eigenvalue weighted by Crippen LogP contribution is -2.52. The molecule has 0 saturated carbocycles. The normalized spacial score (nSPS) is 18.8. The van der Waals surface area contributed by atoms with E-state index in [9.17, 15) is 24.0 Å². The number of nitrogens with zero attached hydrogens (tertiary/aromatic N) is 4. The summed E-state index contributed by atoms with van der Waals surface area (Å²) >= 11 is 0. The third kappa shape index (κ3) is 6.37. The third-order valence-electron chi connectivity index (χ3n) is 11.9. The van der Waals surface area contributed by atoms with Gasteiger partial charge in [0.25, 0.3) is 5.91 Å². The van der Waals surface area contributed by atoms with E-state index in [-0.39, 0.29) is 49.5 Å². The predicted octanol–water partition coefficient (Wildman–Crippen LogP) is 5.08. The quantitative estimate of drug-likeness (QED) is 0.115. The fourth-order valence-electron chi connectivity index (χ4n) is 8.77. The summed E-state index contributed by atoms with van der Waals surface area (Å²) in [7, 11) is 0. The number of anilines is 2. The minimum Gasteiger partial charge on any atom is -0.382 e. The van der Waals surface area contributed by atoms with E-state index in [1.54, 1.807) is 18.2 Å². The van der Waals surface area contributed by atoms with Gasteiger partial charge in [-0.15, -0.1) is 0 Å². The molecule has 3 aliphatic heterocycles. The Balaban J connectivity index is 0.837. The summed E-state index contributed by atoms with van der Waals surface area (Å²) in [4.78, 5) is 77.2. The van der Waals surface area contributed by atoms with Crippen molar-refractivity contribution in [2.45, 2.75) is 64.5 Å². The SMILES string of the molecule is [C-]#[N+]c1ccc2c3c([nH]c2c1)C(C)(C)c1cc(N2CCN(C(=O)CCOCCNc4cccc5c4CN(C4CCC(=O)NC4=O)C5=O)CC2)c(CC)cc1C3=O. The maximum Gasteiger partial charge on any atom is 0.255 e. The Morgan fingerprint density at radius 1 is 1.02 bits per heavy atom. The first-order valence-corrected chi connectivity index (χ1v) is 19.4. The fraction of sp³-hybridized carbons (Fsp3) is 0.395. The number of hydrogen-bond acceptors (Lipinski definition) is 8. The van der Waals surface area contributed by atoms with Crippen molar-refractivity contribution in [3.8, 4) is 0 Å². The Morgan fingerprint density at radius 2 is 1.82 bits per heavy atom. The monoisotopic (exact) mass is 755 g/mol. The van der Waals surface area contributed by atoms with Crippen LogP contribution in [-0.4, -0.2) is 96.2 Å². The average molecular weight is 756 g/mol. The maximum absolute atomic E-state index is 14.1. The molecule has 3 aromatic carbocycles. The molecule has 0 bridgehead atoms. The first kappa shape index (κ1) is 36.9. The summed E-state index contributed by atoms with van der Waals surface area (Å²) in [5.74, 6) is -0.918. The highest BCUT2D eigenvalue weighted by Gasteiger charge is 2.42. The van der Waals surface area contributed by atoms with Crippen molar-refractivity contribution in [1.82, 2.24) is 20.1 Å². The van der Waals surface area contributed by atoms with Crippen LogP contribution in [0.1, 0.15) is 88.7 Å². The largest absolute Gasteiger partial charge is 0.382 e. The molecule has 4 aromatic rings. The highest BCUT2D eigenvalue weighted by molar-refractivity contribution is 6.20. The van der Waals surface area contributed by atoms with Gasteiger partial charge in [0.15, 0.2) is 11.5 Å². The van der Waals surface area contributed by atoms with Gasteiger partial charge in [0.1, 0.15) is 6.04 Å². The number of H-pyrrole nitrogens is 1. The Bertz CT molecular complexity index is 2350. The molecule has 13 heteroatoms. The molecule has 8 rings (SSSR count). The molecule has 4 aliphatic rings. The molecule has 4 amide bonds. The molecule has 4 heterocycles. The Hall–Kier alpha value is -6.00. The lowest BCUT2D eigenvalue weighted by atomic mass is 9.70. The van der Waals surface area contributed by atoms with Crippen molar-refractivity contribution in [2.75, 3.05) is 56.2 Å². The first-order chi connectivity index (χ1) is 27.0. The van der Waals surface area contributed by atoms with Crippen LogP contribution < -0.4 is 15.5 Å². The number of aromatic nitrogens is 1. The second kappa shape index (κ2) is 14.6. The van der Waals surface area contributed by atoms with E-state index in [0.717, 1.165) is 56.6 Å². The summed E-state index contributed by atoms with van der Waals surface area (Å²) in [6.45, 7) is 17.8. The van der Waals surface area contributed by atoms with Crippen LogP contribution >= 0.6 is 0 Å². The van der Waals surface area contributed by atoms with Crippen LogP contribution in [-0.2, 0) is 37.5 Å². The van der Waals surface area contributed by atoms with Crippen molar-refractivity contribution in [1.29, 1.82) is 0 Å². The van der Waals surface area contributed by atoms with Crippen LogP contribution in [0, 0.1) is 6.57 Å². The summed E-state index contributed by atoms with van der Waals surface area (Å²) in [5.41, 5.74) is 8.47. The van der Waals surface area contributed by atoms with Crippen LogP contribution in [0.3, 0.4) is 0 Å². The van der Waals surface area contributed by atoms with Gasteiger partial charge < -0.3 is 29.7 Å². The molecular weight excluding hydrogens is 711 g/mol. The molecule has 288 valence electrons. The minimum atomic E-state index is -0.668. The van der Waals surface area contributed by atoms with Crippen LogP contribution in [0.5, 0.6) is 0 Å². The van der Waals surface area contributed by atoms with Gasteiger partial charge in [0, 0.05) is 95.8 Å². The molecule has 1 atom stereocenters. The molecule has 0 radical (unpaired) electrons. The van der Waals surface area contributed by atoms with Gasteiger partial charge >= 0.3 is 0 Å². The smallest absolute Gasteiger partial charge is 0.255 e. The van der Waals surface area contributed by atoms with Crippen molar-refractivity contribution in [3.63, 3.8) is 0 Å². The second-order valence-corrected chi connectivity index (χ2v) is 15.4. The van der Waals surface area contributed by atoms with Crippen LogP contribution in [0.15, 0.2) is 48.5 Å². The van der Waals surface area contributed by atoms with Gasteiger partial charge in [-0.3, -0.25) is 29.3 Å². The highest BCUT2D eigenvalue weighted by atomic mass is 16.5. The number of hydrogen-bond donors (Lipinski definition) is 3. The molecule has 13 nitrogen and oxygen atoms in total. The van der Waals surface area contributed by atoms with E-state index in [0.29, 0.717) is 62.6 Å². The zero-order chi connectivity index (χ0) is 39.3. The average Bonchev–Trinajstić information content (AvgIpc) is 3.76. The van der Waals surface area contributed by atoms with E-state index < -0.39 is 17.4 Å². The van der Waals surface area contributed by atoms with E-state index in [1.807, 2.05) is 23.1 Å². The van der Waals surface area contributed by atoms with E-state index in [4.69, 9.17) is 11.3 Å². The van der Waals surface area contributed by atoms with Gasteiger partial charge in [0.05, 0.1) is 31.8 Å². The van der Waals surface area contributed by atoms with Crippen molar-refractivity contribution < 1.29 is 28.7 Å². The molecule has 0 spiro atoms.